The molecule has 26 heavy (non-hydrogen) atoms. The van der Waals surface area contributed by atoms with Crippen LogP contribution in [0.15, 0.2) is 12.1 Å². The first kappa shape index (κ1) is 18.2. The lowest BCUT2D eigenvalue weighted by atomic mass is 9.63. The lowest BCUT2D eigenvalue weighted by Crippen LogP contribution is -2.61. The third-order valence-electron chi connectivity index (χ3n) is 5.37. The molecule has 1 saturated heterocycles. The van der Waals surface area contributed by atoms with Crippen molar-refractivity contribution in [2.75, 3.05) is 20.2 Å². The Morgan fingerprint density at radius 2 is 1.85 bits per heavy atom. The lowest BCUT2D eigenvalue weighted by Gasteiger charge is -2.52. The van der Waals surface area contributed by atoms with E-state index in [-0.39, 0.29) is 22.9 Å². The van der Waals surface area contributed by atoms with Gasteiger partial charge in [-0.2, -0.15) is 0 Å². The molecule has 0 N–H and O–H groups in total. The van der Waals surface area contributed by atoms with E-state index >= 15 is 0 Å². The molecule has 136 valence electrons. The highest BCUT2D eigenvalue weighted by molar-refractivity contribution is 6.11. The molecule has 1 aromatic carbocycles. The minimum Gasteiger partial charge on any atom is -0.496 e. The van der Waals surface area contributed by atoms with Crippen LogP contribution in [0.4, 0.5) is 0 Å². The van der Waals surface area contributed by atoms with Gasteiger partial charge in [0.25, 0.3) is 0 Å². The molecule has 1 aromatic rings. The lowest BCUT2D eigenvalue weighted by molar-refractivity contribution is -0.153. The summed E-state index contributed by atoms with van der Waals surface area (Å²) in [7, 11) is 1.54. The Hall–Kier alpha value is -2.61. The molecule has 0 radical (unpaired) electrons. The molecule has 3 rings (SSSR count). The van der Waals surface area contributed by atoms with E-state index in [2.05, 4.69) is 11.8 Å². The summed E-state index contributed by atoms with van der Waals surface area (Å²) in [5, 5.41) is 0. The largest absolute Gasteiger partial charge is 0.496 e. The molecule has 1 spiro atoms. The van der Waals surface area contributed by atoms with Crippen molar-refractivity contribution in [3.63, 3.8) is 0 Å². The maximum atomic E-state index is 12.9. The number of aryl methyl sites for hydroxylation is 1. The average molecular weight is 353 g/mol. The highest BCUT2D eigenvalue weighted by Crippen LogP contribution is 2.47. The number of ketones is 2. The van der Waals surface area contributed by atoms with E-state index < -0.39 is 5.92 Å². The number of carbonyl (C=O) groups is 3. The van der Waals surface area contributed by atoms with Gasteiger partial charge >= 0.3 is 0 Å². The van der Waals surface area contributed by atoms with E-state index in [1.165, 1.54) is 14.0 Å². The fourth-order valence-corrected chi connectivity index (χ4v) is 4.24. The minimum atomic E-state index is -0.786. The van der Waals surface area contributed by atoms with Crippen molar-refractivity contribution in [1.29, 1.82) is 0 Å². The van der Waals surface area contributed by atoms with Crippen LogP contribution in [0, 0.1) is 24.2 Å². The summed E-state index contributed by atoms with van der Waals surface area (Å²) in [6.45, 7) is 6.13. The van der Waals surface area contributed by atoms with E-state index in [4.69, 9.17) is 4.74 Å². The van der Waals surface area contributed by atoms with Crippen molar-refractivity contribution in [3.8, 4) is 17.6 Å². The van der Waals surface area contributed by atoms with Gasteiger partial charge in [0.1, 0.15) is 23.2 Å². The van der Waals surface area contributed by atoms with Crippen LogP contribution in [0.5, 0.6) is 5.75 Å². The average Bonchev–Trinajstić information content (AvgIpc) is 2.53. The van der Waals surface area contributed by atoms with E-state index in [1.54, 1.807) is 17.9 Å². The van der Waals surface area contributed by atoms with Crippen molar-refractivity contribution in [1.82, 2.24) is 4.90 Å². The van der Waals surface area contributed by atoms with Crippen LogP contribution in [0.1, 0.15) is 49.3 Å². The van der Waals surface area contributed by atoms with E-state index in [1.807, 2.05) is 13.0 Å². The number of hydrogen-bond donors (Lipinski definition) is 0. The van der Waals surface area contributed by atoms with Crippen LogP contribution in [0.3, 0.4) is 0 Å². The predicted molar refractivity (Wildman–Crippen MR) is 97.0 cm³/mol. The van der Waals surface area contributed by atoms with Gasteiger partial charge in [-0.1, -0.05) is 5.92 Å². The standard InChI is InChI=1S/C21H23NO4/c1-5-6-15-7-13(2)19(18(8-15)26-4)20-16(24)9-21(10-17(20)25)11-22(12-21)14(3)23/h7-8,20H,9-12H2,1-4H3. The van der Waals surface area contributed by atoms with Crippen LogP contribution in [0.25, 0.3) is 0 Å². The Kier molecular flexibility index (Phi) is 4.62. The van der Waals surface area contributed by atoms with Crippen LogP contribution in [-0.2, 0) is 14.4 Å². The van der Waals surface area contributed by atoms with Crippen LogP contribution >= 0.6 is 0 Å². The Labute approximate surface area is 153 Å². The van der Waals surface area contributed by atoms with Gasteiger partial charge in [0.15, 0.2) is 0 Å². The van der Waals surface area contributed by atoms with Gasteiger partial charge in [0.2, 0.25) is 5.91 Å². The smallest absolute Gasteiger partial charge is 0.219 e. The molecule has 1 saturated carbocycles. The molecule has 2 aliphatic rings. The topological polar surface area (TPSA) is 63.7 Å². The van der Waals surface area contributed by atoms with Crippen LogP contribution < -0.4 is 4.74 Å². The fourth-order valence-electron chi connectivity index (χ4n) is 4.24. The first-order valence-corrected chi connectivity index (χ1v) is 8.72. The predicted octanol–water partition coefficient (Wildman–Crippen LogP) is 2.24. The number of benzene rings is 1. The second-order valence-corrected chi connectivity index (χ2v) is 7.38. The molecule has 1 aliphatic heterocycles. The van der Waals surface area contributed by atoms with Crippen molar-refractivity contribution >= 4 is 17.5 Å². The van der Waals surface area contributed by atoms with E-state index in [0.29, 0.717) is 37.2 Å². The first-order chi connectivity index (χ1) is 12.3. The molecule has 1 heterocycles. The maximum absolute atomic E-state index is 12.9. The molecular weight excluding hydrogens is 330 g/mol. The SMILES string of the molecule is CC#Cc1cc(C)c(C2C(=O)CC3(CC2=O)CN(C(C)=O)C3)c(OC)c1. The minimum absolute atomic E-state index is 0.0113. The van der Waals surface area contributed by atoms with E-state index in [0.717, 1.165) is 11.1 Å². The normalized spacial score (nSPS) is 19.0. The van der Waals surface area contributed by atoms with Gasteiger partial charge < -0.3 is 9.64 Å². The molecule has 0 unspecified atom stereocenters. The van der Waals surface area contributed by atoms with E-state index in [9.17, 15) is 14.4 Å². The molecule has 0 bridgehead atoms. The van der Waals surface area contributed by atoms with Gasteiger partial charge in [0.05, 0.1) is 7.11 Å². The third kappa shape index (κ3) is 3.01. The summed E-state index contributed by atoms with van der Waals surface area (Å²) in [4.78, 5) is 39.0. The van der Waals surface area contributed by atoms with Crippen molar-refractivity contribution < 1.29 is 19.1 Å². The van der Waals surface area contributed by atoms with Gasteiger partial charge in [-0.15, -0.1) is 5.92 Å². The van der Waals surface area contributed by atoms with Crippen molar-refractivity contribution in [2.45, 2.75) is 39.5 Å². The molecule has 0 atom stereocenters. The molecule has 2 fully saturated rings. The number of nitrogens with zero attached hydrogens (tertiary/aromatic N) is 1. The Morgan fingerprint density at radius 3 is 2.35 bits per heavy atom. The van der Waals surface area contributed by atoms with Crippen LogP contribution in [0.2, 0.25) is 0 Å². The van der Waals surface area contributed by atoms with Gasteiger partial charge in [0, 0.05) is 49.4 Å². The number of amides is 1. The Bertz CT molecular complexity index is 833. The summed E-state index contributed by atoms with van der Waals surface area (Å²) >= 11 is 0. The first-order valence-electron chi connectivity index (χ1n) is 8.72. The Balaban J connectivity index is 1.91. The Morgan fingerprint density at radius 1 is 1.23 bits per heavy atom. The van der Waals surface area contributed by atoms with Gasteiger partial charge in [-0.25, -0.2) is 0 Å². The number of likely N-dealkylation sites (tertiary alicyclic amines) is 1. The highest BCUT2D eigenvalue weighted by Gasteiger charge is 2.53. The maximum Gasteiger partial charge on any atom is 0.219 e. The molecule has 0 aromatic heterocycles. The van der Waals surface area contributed by atoms with Gasteiger partial charge in [-0.05, 0) is 31.5 Å². The monoisotopic (exact) mass is 353 g/mol. The highest BCUT2D eigenvalue weighted by atomic mass is 16.5. The number of ether oxygens (including phenoxy) is 1. The molecular formula is C21H23NO4. The number of hydrogen-bond acceptors (Lipinski definition) is 4. The van der Waals surface area contributed by atoms with Crippen molar-refractivity contribution in [2.24, 2.45) is 5.41 Å². The summed E-state index contributed by atoms with van der Waals surface area (Å²) in [5.74, 6) is 5.40. The molecule has 1 amide bonds. The second-order valence-electron chi connectivity index (χ2n) is 7.38. The number of carbonyl (C=O) groups excluding carboxylic acids is 3. The zero-order valence-corrected chi connectivity index (χ0v) is 15.6. The number of Topliss-reactive ketones (excluding diaryl/α,β-unsaturated/α-hetero) is 2. The number of methoxy groups -OCH3 is 1. The fraction of sp³-hybridized carbons (Fsp3) is 0.476. The summed E-state index contributed by atoms with van der Waals surface area (Å²) in [5.41, 5.74) is 1.92. The quantitative estimate of drug-likeness (QED) is 0.604. The summed E-state index contributed by atoms with van der Waals surface area (Å²) < 4.78 is 5.48. The second kappa shape index (κ2) is 6.60. The molecule has 5 nitrogen and oxygen atoms in total. The van der Waals surface area contributed by atoms with Gasteiger partial charge in [-0.3, -0.25) is 14.4 Å². The summed E-state index contributed by atoms with van der Waals surface area (Å²) in [6, 6.07) is 3.67. The number of rotatable bonds is 2. The zero-order chi connectivity index (χ0) is 19.1. The summed E-state index contributed by atoms with van der Waals surface area (Å²) in [6.07, 6.45) is 0.651. The van der Waals surface area contributed by atoms with Crippen molar-refractivity contribution in [3.05, 3.63) is 28.8 Å². The van der Waals surface area contributed by atoms with Crippen LogP contribution in [-0.4, -0.2) is 42.6 Å². The molecule has 1 aliphatic carbocycles. The zero-order valence-electron chi connectivity index (χ0n) is 15.6. The molecule has 5 heteroatoms. The third-order valence-corrected chi connectivity index (χ3v) is 5.37.